The molecule has 1 aliphatic heterocycles. The van der Waals surface area contributed by atoms with Gasteiger partial charge in [0, 0.05) is 25.0 Å². The average molecular weight is 395 g/mol. The van der Waals surface area contributed by atoms with E-state index in [0.29, 0.717) is 10.0 Å². The van der Waals surface area contributed by atoms with Gasteiger partial charge in [-0.3, -0.25) is 14.5 Å². The Morgan fingerprint density at radius 3 is 2.77 bits per heavy atom. The Kier molecular flexibility index (Phi) is 6.36. The van der Waals surface area contributed by atoms with Gasteiger partial charge in [-0.1, -0.05) is 6.07 Å². The van der Waals surface area contributed by atoms with Gasteiger partial charge in [0.05, 0.1) is 29.3 Å². The van der Waals surface area contributed by atoms with Crippen LogP contribution in [-0.4, -0.2) is 53.5 Å². The number of morpholine rings is 1. The fraction of sp³-hybridized carbons (Fsp3) is 0.471. The van der Waals surface area contributed by atoms with Gasteiger partial charge in [0.15, 0.2) is 5.13 Å². The van der Waals surface area contributed by atoms with E-state index in [1.165, 1.54) is 22.7 Å². The van der Waals surface area contributed by atoms with Crippen molar-refractivity contribution in [2.45, 2.75) is 32.6 Å². The lowest BCUT2D eigenvalue weighted by molar-refractivity contribution is -0.115. The highest BCUT2D eigenvalue weighted by molar-refractivity contribution is 7.14. The Balaban J connectivity index is 1.45. The summed E-state index contributed by atoms with van der Waals surface area (Å²) in [5.74, 6) is -0.532. The van der Waals surface area contributed by atoms with Gasteiger partial charge >= 0.3 is 0 Å². The zero-order valence-electron chi connectivity index (χ0n) is 14.7. The minimum absolute atomic E-state index is 0.0792. The number of carbonyl (C=O) groups excluding carboxylic acids is 2. The second-order valence-corrected chi connectivity index (χ2v) is 8.11. The van der Waals surface area contributed by atoms with Crippen molar-refractivity contribution in [3.8, 4) is 0 Å². The minimum Gasteiger partial charge on any atom is -0.373 e. The van der Waals surface area contributed by atoms with Crippen molar-refractivity contribution in [1.29, 1.82) is 0 Å². The predicted molar refractivity (Wildman–Crippen MR) is 103 cm³/mol. The summed E-state index contributed by atoms with van der Waals surface area (Å²) >= 11 is 2.73. The summed E-state index contributed by atoms with van der Waals surface area (Å²) in [4.78, 5) is 31.2. The van der Waals surface area contributed by atoms with E-state index in [1.807, 2.05) is 10.8 Å². The fourth-order valence-electron chi connectivity index (χ4n) is 2.90. The first-order valence-corrected chi connectivity index (χ1v) is 10.2. The van der Waals surface area contributed by atoms with Gasteiger partial charge in [0.25, 0.3) is 5.91 Å². The van der Waals surface area contributed by atoms with Gasteiger partial charge in [0.2, 0.25) is 5.91 Å². The standard InChI is InChI=1S/C17H22N4O3S2/c1-11-7-21(8-12(2)24-11)9-13-10-26-17(19-13)20-15(22)6-18-16(23)14-4-3-5-25-14/h3-5,10-12H,6-9H2,1-2H3,(H,18,23)(H,19,20,22). The lowest BCUT2D eigenvalue weighted by atomic mass is 10.2. The number of thiazole rings is 1. The SMILES string of the molecule is CC1CN(Cc2csc(NC(=O)CNC(=O)c3cccs3)n2)CC(C)O1. The van der Waals surface area contributed by atoms with E-state index < -0.39 is 0 Å². The molecule has 0 spiro atoms. The molecular weight excluding hydrogens is 372 g/mol. The van der Waals surface area contributed by atoms with Gasteiger partial charge in [-0.25, -0.2) is 4.98 Å². The number of amides is 2. The van der Waals surface area contributed by atoms with Crippen LogP contribution in [0, 0.1) is 0 Å². The normalized spacial score (nSPS) is 20.7. The molecule has 140 valence electrons. The van der Waals surface area contributed by atoms with Crippen molar-refractivity contribution in [2.75, 3.05) is 25.0 Å². The molecule has 0 aliphatic carbocycles. The molecule has 0 aromatic carbocycles. The van der Waals surface area contributed by atoms with Crippen molar-refractivity contribution in [2.24, 2.45) is 0 Å². The quantitative estimate of drug-likeness (QED) is 0.785. The number of ether oxygens (including phenoxy) is 1. The van der Waals surface area contributed by atoms with Crippen LogP contribution < -0.4 is 10.6 Å². The van der Waals surface area contributed by atoms with Gasteiger partial charge in [-0.15, -0.1) is 22.7 Å². The molecule has 0 radical (unpaired) electrons. The van der Waals surface area contributed by atoms with Gasteiger partial charge in [-0.2, -0.15) is 0 Å². The van der Waals surface area contributed by atoms with E-state index in [2.05, 4.69) is 34.4 Å². The van der Waals surface area contributed by atoms with E-state index in [0.717, 1.165) is 25.3 Å². The molecular formula is C17H22N4O3S2. The van der Waals surface area contributed by atoms with Crippen molar-refractivity contribution < 1.29 is 14.3 Å². The van der Waals surface area contributed by atoms with E-state index in [4.69, 9.17) is 4.74 Å². The van der Waals surface area contributed by atoms with Crippen LogP contribution in [0.25, 0.3) is 0 Å². The van der Waals surface area contributed by atoms with E-state index in [-0.39, 0.29) is 30.6 Å². The van der Waals surface area contributed by atoms with Crippen LogP contribution in [0.3, 0.4) is 0 Å². The summed E-state index contributed by atoms with van der Waals surface area (Å²) in [5, 5.41) is 9.65. The Hall–Kier alpha value is -1.81. The largest absolute Gasteiger partial charge is 0.373 e. The number of hydrogen-bond donors (Lipinski definition) is 2. The number of thiophene rings is 1. The number of hydrogen-bond acceptors (Lipinski definition) is 7. The molecule has 2 atom stereocenters. The highest BCUT2D eigenvalue weighted by Crippen LogP contribution is 2.19. The molecule has 0 saturated carbocycles. The Labute approximate surface area is 160 Å². The molecule has 3 heterocycles. The van der Waals surface area contributed by atoms with E-state index in [9.17, 15) is 9.59 Å². The molecule has 2 aromatic rings. The number of anilines is 1. The van der Waals surface area contributed by atoms with Crippen LogP contribution in [0.1, 0.15) is 29.2 Å². The molecule has 9 heteroatoms. The summed E-state index contributed by atoms with van der Waals surface area (Å²) in [6.45, 7) is 6.54. The molecule has 2 aromatic heterocycles. The van der Waals surface area contributed by atoms with Crippen LogP contribution in [0.2, 0.25) is 0 Å². The molecule has 3 rings (SSSR count). The topological polar surface area (TPSA) is 83.6 Å². The van der Waals surface area contributed by atoms with Crippen molar-refractivity contribution in [3.63, 3.8) is 0 Å². The summed E-state index contributed by atoms with van der Waals surface area (Å²) in [6, 6.07) is 3.52. The molecule has 2 N–H and O–H groups in total. The summed E-state index contributed by atoms with van der Waals surface area (Å²) < 4.78 is 5.73. The van der Waals surface area contributed by atoms with E-state index >= 15 is 0 Å². The maximum Gasteiger partial charge on any atom is 0.261 e. The first-order chi connectivity index (χ1) is 12.5. The number of nitrogens with one attached hydrogen (secondary N) is 2. The maximum atomic E-state index is 12.0. The number of nitrogens with zero attached hydrogens (tertiary/aromatic N) is 2. The highest BCUT2D eigenvalue weighted by atomic mass is 32.1. The van der Waals surface area contributed by atoms with Crippen LogP contribution in [0.4, 0.5) is 5.13 Å². The second-order valence-electron chi connectivity index (χ2n) is 6.30. The zero-order valence-corrected chi connectivity index (χ0v) is 16.4. The second kappa shape index (κ2) is 8.72. The first-order valence-electron chi connectivity index (χ1n) is 8.43. The number of aromatic nitrogens is 1. The van der Waals surface area contributed by atoms with Gasteiger partial charge in [-0.05, 0) is 25.3 Å². The summed E-state index contributed by atoms with van der Waals surface area (Å²) in [7, 11) is 0. The molecule has 1 aliphatic rings. The third-order valence-electron chi connectivity index (χ3n) is 3.83. The van der Waals surface area contributed by atoms with Gasteiger partial charge < -0.3 is 15.4 Å². The third kappa shape index (κ3) is 5.34. The zero-order chi connectivity index (χ0) is 18.5. The van der Waals surface area contributed by atoms with Crippen molar-refractivity contribution in [1.82, 2.24) is 15.2 Å². The average Bonchev–Trinajstić information content (AvgIpc) is 3.24. The van der Waals surface area contributed by atoms with Crippen LogP contribution >= 0.6 is 22.7 Å². The Bertz CT molecular complexity index is 737. The number of rotatable bonds is 6. The minimum atomic E-state index is -0.288. The monoisotopic (exact) mass is 394 g/mol. The van der Waals surface area contributed by atoms with Crippen molar-refractivity contribution in [3.05, 3.63) is 33.5 Å². The molecule has 1 saturated heterocycles. The predicted octanol–water partition coefficient (Wildman–Crippen LogP) is 2.18. The summed E-state index contributed by atoms with van der Waals surface area (Å²) in [6.07, 6.45) is 0.423. The molecule has 26 heavy (non-hydrogen) atoms. The van der Waals surface area contributed by atoms with Crippen LogP contribution in [0.15, 0.2) is 22.9 Å². The van der Waals surface area contributed by atoms with Crippen LogP contribution in [0.5, 0.6) is 0 Å². The Morgan fingerprint density at radius 2 is 2.08 bits per heavy atom. The molecule has 7 nitrogen and oxygen atoms in total. The fourth-order valence-corrected chi connectivity index (χ4v) is 4.26. The molecule has 2 amide bonds. The van der Waals surface area contributed by atoms with Gasteiger partial charge in [0.1, 0.15) is 0 Å². The lowest BCUT2D eigenvalue weighted by Gasteiger charge is -2.34. The lowest BCUT2D eigenvalue weighted by Crippen LogP contribution is -2.44. The summed E-state index contributed by atoms with van der Waals surface area (Å²) in [5.41, 5.74) is 0.925. The van der Waals surface area contributed by atoms with E-state index in [1.54, 1.807) is 12.1 Å². The highest BCUT2D eigenvalue weighted by Gasteiger charge is 2.22. The third-order valence-corrected chi connectivity index (χ3v) is 5.51. The van der Waals surface area contributed by atoms with Crippen molar-refractivity contribution >= 4 is 39.6 Å². The van der Waals surface area contributed by atoms with Crippen LogP contribution in [-0.2, 0) is 16.1 Å². The number of carbonyl (C=O) groups is 2. The maximum absolute atomic E-state index is 12.0. The Morgan fingerprint density at radius 1 is 1.31 bits per heavy atom. The molecule has 1 fully saturated rings. The molecule has 2 unspecified atom stereocenters. The first kappa shape index (κ1) is 19.0. The smallest absolute Gasteiger partial charge is 0.261 e. The molecule has 0 bridgehead atoms.